The third-order valence-electron chi connectivity index (χ3n) is 4.88. The second-order valence-electron chi connectivity index (χ2n) is 7.01. The maximum absolute atomic E-state index is 13.9. The normalized spacial score (nSPS) is 15.9. The van der Waals surface area contributed by atoms with Crippen molar-refractivity contribution >= 4 is 17.5 Å². The van der Waals surface area contributed by atoms with Crippen LogP contribution in [-0.4, -0.2) is 60.4 Å². The topological polar surface area (TPSA) is 39.9 Å². The van der Waals surface area contributed by atoms with Gasteiger partial charge in [0, 0.05) is 50.4 Å². The molecule has 1 aliphatic rings. The molecule has 27 heavy (non-hydrogen) atoms. The molecule has 2 aromatic rings. The van der Waals surface area contributed by atoms with Crippen LogP contribution in [0.15, 0.2) is 34.7 Å². The van der Waals surface area contributed by atoms with Gasteiger partial charge in [0.1, 0.15) is 17.3 Å². The van der Waals surface area contributed by atoms with Crippen LogP contribution in [0.25, 0.3) is 0 Å². The highest BCUT2D eigenvalue weighted by Gasteiger charge is 2.22. The largest absolute Gasteiger partial charge is 0.464 e. The van der Waals surface area contributed by atoms with Crippen LogP contribution in [0.2, 0.25) is 5.02 Å². The zero-order valence-corrected chi connectivity index (χ0v) is 16.5. The molecule has 0 N–H and O–H groups in total. The van der Waals surface area contributed by atoms with Gasteiger partial charge in [0.15, 0.2) is 0 Å². The number of rotatable bonds is 6. The van der Waals surface area contributed by atoms with Crippen molar-refractivity contribution < 1.29 is 13.6 Å². The van der Waals surface area contributed by atoms with Crippen LogP contribution in [-0.2, 0) is 17.9 Å². The molecule has 0 radical (unpaired) electrons. The summed E-state index contributed by atoms with van der Waals surface area (Å²) in [5.41, 5.74) is 0.539. The summed E-state index contributed by atoms with van der Waals surface area (Å²) in [6, 6.07) is 8.56. The van der Waals surface area contributed by atoms with Gasteiger partial charge in [-0.1, -0.05) is 17.7 Å². The van der Waals surface area contributed by atoms with Crippen LogP contribution < -0.4 is 0 Å². The van der Waals surface area contributed by atoms with Crippen LogP contribution in [0.4, 0.5) is 4.39 Å². The predicted octanol–water partition coefficient (Wildman–Crippen LogP) is 3.16. The molecule has 0 bridgehead atoms. The quantitative estimate of drug-likeness (QED) is 0.755. The Kier molecular flexibility index (Phi) is 6.52. The van der Waals surface area contributed by atoms with E-state index in [1.165, 1.54) is 6.07 Å². The van der Waals surface area contributed by atoms with Gasteiger partial charge in [-0.2, -0.15) is 0 Å². The molecule has 1 saturated heterocycles. The van der Waals surface area contributed by atoms with Gasteiger partial charge in [0.05, 0.1) is 13.1 Å². The zero-order valence-electron chi connectivity index (χ0n) is 15.8. The molecule has 1 fully saturated rings. The first-order valence-corrected chi connectivity index (χ1v) is 9.47. The summed E-state index contributed by atoms with van der Waals surface area (Å²) >= 11 is 6.11. The lowest BCUT2D eigenvalue weighted by molar-refractivity contribution is -0.132. The average Bonchev–Trinajstić information content (AvgIpc) is 3.04. The SMILES string of the molecule is Cc1ccc(CN(C)C(=O)CN2CCN(Cc3c(F)cccc3Cl)CC2)o1. The molecule has 0 aliphatic carbocycles. The average molecular weight is 394 g/mol. The number of nitrogens with zero attached hydrogens (tertiary/aromatic N) is 3. The number of carbonyl (C=O) groups is 1. The molecule has 0 spiro atoms. The first kappa shape index (κ1) is 19.9. The second-order valence-corrected chi connectivity index (χ2v) is 7.42. The number of carbonyl (C=O) groups excluding carboxylic acids is 1. The highest BCUT2D eigenvalue weighted by molar-refractivity contribution is 6.31. The number of piperazine rings is 1. The van der Waals surface area contributed by atoms with Crippen molar-refractivity contribution in [1.82, 2.24) is 14.7 Å². The highest BCUT2D eigenvalue weighted by Crippen LogP contribution is 2.21. The van der Waals surface area contributed by atoms with E-state index < -0.39 is 0 Å². The molecule has 1 aliphatic heterocycles. The molecule has 1 amide bonds. The molecule has 3 rings (SSSR count). The molecule has 146 valence electrons. The monoisotopic (exact) mass is 393 g/mol. The van der Waals surface area contributed by atoms with E-state index in [4.69, 9.17) is 16.0 Å². The van der Waals surface area contributed by atoms with Gasteiger partial charge in [-0.05, 0) is 31.2 Å². The van der Waals surface area contributed by atoms with Crippen molar-refractivity contribution in [2.75, 3.05) is 39.8 Å². The van der Waals surface area contributed by atoms with Crippen LogP contribution in [0.5, 0.6) is 0 Å². The van der Waals surface area contributed by atoms with E-state index in [0.717, 1.165) is 37.7 Å². The number of furan rings is 1. The van der Waals surface area contributed by atoms with Gasteiger partial charge in [0.25, 0.3) is 0 Å². The van der Waals surface area contributed by atoms with Crippen molar-refractivity contribution in [2.24, 2.45) is 0 Å². The lowest BCUT2D eigenvalue weighted by Crippen LogP contribution is -2.49. The second kappa shape index (κ2) is 8.87. The van der Waals surface area contributed by atoms with E-state index in [-0.39, 0.29) is 11.7 Å². The lowest BCUT2D eigenvalue weighted by atomic mass is 10.2. The Labute approximate surface area is 164 Å². The van der Waals surface area contributed by atoms with Crippen molar-refractivity contribution in [2.45, 2.75) is 20.0 Å². The minimum Gasteiger partial charge on any atom is -0.464 e. The van der Waals surface area contributed by atoms with Crippen LogP contribution >= 0.6 is 11.6 Å². The molecular formula is C20H25ClFN3O2. The van der Waals surface area contributed by atoms with Crippen molar-refractivity contribution in [1.29, 1.82) is 0 Å². The Morgan fingerprint density at radius 3 is 2.52 bits per heavy atom. The molecule has 0 atom stereocenters. The summed E-state index contributed by atoms with van der Waals surface area (Å²) in [5.74, 6) is 1.43. The highest BCUT2D eigenvalue weighted by atomic mass is 35.5. The summed E-state index contributed by atoms with van der Waals surface area (Å²) in [7, 11) is 1.79. The van der Waals surface area contributed by atoms with Gasteiger partial charge in [0.2, 0.25) is 5.91 Å². The summed E-state index contributed by atoms with van der Waals surface area (Å²) in [6.07, 6.45) is 0. The molecule has 0 unspecified atom stereocenters. The number of likely N-dealkylation sites (N-methyl/N-ethyl adjacent to an activating group) is 1. The number of hydrogen-bond donors (Lipinski definition) is 0. The van der Waals surface area contributed by atoms with Crippen molar-refractivity contribution in [3.63, 3.8) is 0 Å². The minimum atomic E-state index is -0.269. The first-order chi connectivity index (χ1) is 12.9. The number of benzene rings is 1. The summed E-state index contributed by atoms with van der Waals surface area (Å²) in [6.45, 7) is 6.32. The van der Waals surface area contributed by atoms with Gasteiger partial charge >= 0.3 is 0 Å². The molecule has 7 heteroatoms. The zero-order chi connectivity index (χ0) is 19.4. The molecular weight excluding hydrogens is 369 g/mol. The molecule has 1 aromatic carbocycles. The van der Waals surface area contributed by atoms with Gasteiger partial charge in [-0.25, -0.2) is 4.39 Å². The standard InChI is InChI=1S/C20H25ClFN3O2/c1-15-6-7-16(27-15)12-23(2)20(26)14-25-10-8-24(9-11-25)13-17-18(21)4-3-5-19(17)22/h3-7H,8-14H2,1-2H3. The maximum atomic E-state index is 13.9. The molecule has 5 nitrogen and oxygen atoms in total. The molecule has 1 aromatic heterocycles. The fourth-order valence-electron chi connectivity index (χ4n) is 3.22. The van der Waals surface area contributed by atoms with E-state index >= 15 is 0 Å². The fraction of sp³-hybridized carbons (Fsp3) is 0.450. The first-order valence-electron chi connectivity index (χ1n) is 9.09. The Morgan fingerprint density at radius 1 is 1.19 bits per heavy atom. The Balaban J connectivity index is 1.45. The Bertz CT molecular complexity index is 767. The van der Waals surface area contributed by atoms with Gasteiger partial charge in [-0.15, -0.1) is 0 Å². The van der Waals surface area contributed by atoms with Gasteiger partial charge < -0.3 is 9.32 Å². The smallest absolute Gasteiger partial charge is 0.236 e. The van der Waals surface area contributed by atoms with Crippen LogP contribution in [0.3, 0.4) is 0 Å². The molecule has 2 heterocycles. The summed E-state index contributed by atoms with van der Waals surface area (Å²) in [5, 5.41) is 0.461. The molecule has 0 saturated carbocycles. The van der Waals surface area contributed by atoms with Crippen LogP contribution in [0.1, 0.15) is 17.1 Å². The number of halogens is 2. The van der Waals surface area contributed by atoms with E-state index in [1.807, 2.05) is 19.1 Å². The number of amides is 1. The summed E-state index contributed by atoms with van der Waals surface area (Å²) < 4.78 is 19.5. The van der Waals surface area contributed by atoms with Crippen LogP contribution in [0, 0.1) is 12.7 Å². The van der Waals surface area contributed by atoms with Crippen molar-refractivity contribution in [3.05, 3.63) is 58.3 Å². The van der Waals surface area contributed by atoms with E-state index in [9.17, 15) is 9.18 Å². The third kappa shape index (κ3) is 5.31. The lowest BCUT2D eigenvalue weighted by Gasteiger charge is -2.35. The fourth-order valence-corrected chi connectivity index (χ4v) is 3.44. The van der Waals surface area contributed by atoms with Gasteiger partial charge in [-0.3, -0.25) is 14.6 Å². The minimum absolute atomic E-state index is 0.0645. The number of aryl methyl sites for hydroxylation is 1. The summed E-state index contributed by atoms with van der Waals surface area (Å²) in [4.78, 5) is 18.4. The number of hydrogen-bond acceptors (Lipinski definition) is 4. The predicted molar refractivity (Wildman–Crippen MR) is 103 cm³/mol. The van der Waals surface area contributed by atoms with E-state index in [2.05, 4.69) is 9.80 Å². The Morgan fingerprint density at radius 2 is 1.89 bits per heavy atom. The third-order valence-corrected chi connectivity index (χ3v) is 5.24. The van der Waals surface area contributed by atoms with Crippen molar-refractivity contribution in [3.8, 4) is 0 Å². The Hall–Kier alpha value is -1.89. The maximum Gasteiger partial charge on any atom is 0.236 e. The van der Waals surface area contributed by atoms with E-state index in [1.54, 1.807) is 24.1 Å². The van der Waals surface area contributed by atoms with E-state index in [0.29, 0.717) is 30.2 Å².